The molecule has 0 aliphatic heterocycles. The molecular formula is C15H18N2O3. The number of aromatic carboxylic acids is 1. The molecule has 1 heterocycles. The maximum atomic E-state index is 11.5. The second kappa shape index (κ2) is 5.88. The highest BCUT2D eigenvalue weighted by Gasteiger charge is 2.14. The number of hydrogen-bond donors (Lipinski definition) is 2. The van der Waals surface area contributed by atoms with Crippen LogP contribution in [0.2, 0.25) is 0 Å². The van der Waals surface area contributed by atoms with Crippen LogP contribution in [0.4, 0.5) is 0 Å². The molecule has 0 bridgehead atoms. The van der Waals surface area contributed by atoms with E-state index in [2.05, 4.69) is 4.98 Å². The first-order valence-corrected chi connectivity index (χ1v) is 6.48. The average molecular weight is 274 g/mol. The second-order valence-corrected chi connectivity index (χ2v) is 4.70. The van der Waals surface area contributed by atoms with Crippen LogP contribution in [-0.2, 0) is 6.42 Å². The fourth-order valence-corrected chi connectivity index (χ4v) is 2.23. The molecule has 1 aromatic carbocycles. The normalized spacial score (nSPS) is 10.8. The number of fused-ring (bicyclic) bond motifs is 1. The van der Waals surface area contributed by atoms with Crippen LogP contribution in [0.3, 0.4) is 0 Å². The Bertz CT molecular complexity index is 653. The first kappa shape index (κ1) is 14.3. The van der Waals surface area contributed by atoms with Crippen LogP contribution >= 0.6 is 0 Å². The van der Waals surface area contributed by atoms with E-state index in [0.29, 0.717) is 29.6 Å². The third-order valence-electron chi connectivity index (χ3n) is 3.23. The van der Waals surface area contributed by atoms with Crippen molar-refractivity contribution in [3.05, 3.63) is 35.0 Å². The lowest BCUT2D eigenvalue weighted by molar-refractivity contribution is 0.0699. The fraction of sp³-hybridized carbons (Fsp3) is 0.333. The average Bonchev–Trinajstić information content (AvgIpc) is 2.44. The molecule has 0 aliphatic carbocycles. The van der Waals surface area contributed by atoms with E-state index in [0.717, 1.165) is 17.7 Å². The van der Waals surface area contributed by atoms with E-state index in [1.165, 1.54) is 0 Å². The molecule has 0 atom stereocenters. The number of methoxy groups -OCH3 is 1. The van der Waals surface area contributed by atoms with Gasteiger partial charge in [0.05, 0.1) is 18.2 Å². The summed E-state index contributed by atoms with van der Waals surface area (Å²) in [5.74, 6) is -0.326. The van der Waals surface area contributed by atoms with Crippen molar-refractivity contribution in [1.29, 1.82) is 0 Å². The Morgan fingerprint density at radius 1 is 1.40 bits per heavy atom. The van der Waals surface area contributed by atoms with Gasteiger partial charge in [-0.3, -0.25) is 4.98 Å². The Balaban J connectivity index is 2.68. The van der Waals surface area contributed by atoms with Crippen molar-refractivity contribution >= 4 is 16.9 Å². The number of aryl methyl sites for hydroxylation is 2. The fourth-order valence-electron chi connectivity index (χ4n) is 2.23. The minimum absolute atomic E-state index is 0.254. The van der Waals surface area contributed by atoms with Crippen molar-refractivity contribution in [2.75, 3.05) is 13.7 Å². The van der Waals surface area contributed by atoms with E-state index in [4.69, 9.17) is 10.5 Å². The molecule has 20 heavy (non-hydrogen) atoms. The Labute approximate surface area is 117 Å². The topological polar surface area (TPSA) is 85.4 Å². The van der Waals surface area contributed by atoms with Gasteiger partial charge in [-0.25, -0.2) is 4.79 Å². The zero-order chi connectivity index (χ0) is 14.7. The third kappa shape index (κ3) is 2.72. The Kier molecular flexibility index (Phi) is 4.20. The SMILES string of the molecule is COc1cc(C)c2nc(CCCN)cc(C(=O)O)c2c1. The lowest BCUT2D eigenvalue weighted by Crippen LogP contribution is -2.06. The number of hydrogen-bond acceptors (Lipinski definition) is 4. The molecule has 0 radical (unpaired) electrons. The van der Waals surface area contributed by atoms with Crippen LogP contribution in [0.1, 0.15) is 28.0 Å². The molecule has 0 spiro atoms. The molecule has 0 fully saturated rings. The van der Waals surface area contributed by atoms with Crippen LogP contribution in [0.5, 0.6) is 5.75 Å². The standard InChI is InChI=1S/C15H18N2O3/c1-9-6-11(20-2)8-12-13(15(18)19)7-10(4-3-5-16)17-14(9)12/h6-8H,3-5,16H2,1-2H3,(H,18,19). The van der Waals surface area contributed by atoms with Gasteiger partial charge in [-0.1, -0.05) is 0 Å². The highest BCUT2D eigenvalue weighted by atomic mass is 16.5. The van der Waals surface area contributed by atoms with Crippen molar-refractivity contribution in [2.24, 2.45) is 5.73 Å². The van der Waals surface area contributed by atoms with Crippen molar-refractivity contribution < 1.29 is 14.6 Å². The van der Waals surface area contributed by atoms with Gasteiger partial charge < -0.3 is 15.6 Å². The molecule has 106 valence electrons. The van der Waals surface area contributed by atoms with Gasteiger partial charge in [0.2, 0.25) is 0 Å². The Morgan fingerprint density at radius 2 is 2.15 bits per heavy atom. The van der Waals surface area contributed by atoms with Gasteiger partial charge in [-0.15, -0.1) is 0 Å². The second-order valence-electron chi connectivity index (χ2n) is 4.70. The zero-order valence-corrected chi connectivity index (χ0v) is 11.6. The molecule has 0 aliphatic rings. The summed E-state index contributed by atoms with van der Waals surface area (Å²) in [6, 6.07) is 5.19. The molecule has 5 nitrogen and oxygen atoms in total. The first-order chi connectivity index (χ1) is 9.56. The quantitative estimate of drug-likeness (QED) is 0.872. The van der Waals surface area contributed by atoms with Crippen molar-refractivity contribution in [1.82, 2.24) is 4.98 Å². The van der Waals surface area contributed by atoms with Gasteiger partial charge >= 0.3 is 5.97 Å². The number of ether oxygens (including phenoxy) is 1. The van der Waals surface area contributed by atoms with Gasteiger partial charge in [0.25, 0.3) is 0 Å². The lowest BCUT2D eigenvalue weighted by Gasteiger charge is -2.10. The highest BCUT2D eigenvalue weighted by molar-refractivity contribution is 6.03. The number of benzene rings is 1. The number of aromatic nitrogens is 1. The number of rotatable bonds is 5. The Morgan fingerprint density at radius 3 is 2.75 bits per heavy atom. The van der Waals surface area contributed by atoms with E-state index in [-0.39, 0.29) is 5.56 Å². The summed E-state index contributed by atoms with van der Waals surface area (Å²) in [7, 11) is 1.56. The van der Waals surface area contributed by atoms with Crippen LogP contribution in [0.25, 0.3) is 10.9 Å². The number of carbonyl (C=O) groups is 1. The van der Waals surface area contributed by atoms with E-state index < -0.39 is 5.97 Å². The van der Waals surface area contributed by atoms with E-state index in [1.54, 1.807) is 19.2 Å². The largest absolute Gasteiger partial charge is 0.497 e. The number of nitrogens with two attached hydrogens (primary N) is 1. The van der Waals surface area contributed by atoms with Gasteiger partial charge in [0.1, 0.15) is 5.75 Å². The first-order valence-electron chi connectivity index (χ1n) is 6.48. The number of pyridine rings is 1. The smallest absolute Gasteiger partial charge is 0.336 e. The number of carboxylic acids is 1. The minimum Gasteiger partial charge on any atom is -0.497 e. The van der Waals surface area contributed by atoms with Crippen molar-refractivity contribution in [3.8, 4) is 5.75 Å². The number of nitrogens with zero attached hydrogens (tertiary/aromatic N) is 1. The minimum atomic E-state index is -0.959. The Hall–Kier alpha value is -2.14. The highest BCUT2D eigenvalue weighted by Crippen LogP contribution is 2.27. The maximum absolute atomic E-state index is 11.5. The molecule has 0 saturated carbocycles. The van der Waals surface area contributed by atoms with Crippen LogP contribution < -0.4 is 10.5 Å². The van der Waals surface area contributed by atoms with Crippen LogP contribution in [-0.4, -0.2) is 29.7 Å². The molecule has 0 unspecified atom stereocenters. The lowest BCUT2D eigenvalue weighted by atomic mass is 10.0. The molecular weight excluding hydrogens is 256 g/mol. The van der Waals surface area contributed by atoms with Gasteiger partial charge in [-0.05, 0) is 50.1 Å². The van der Waals surface area contributed by atoms with E-state index in [1.807, 2.05) is 13.0 Å². The van der Waals surface area contributed by atoms with E-state index in [9.17, 15) is 9.90 Å². The van der Waals surface area contributed by atoms with E-state index >= 15 is 0 Å². The summed E-state index contributed by atoms with van der Waals surface area (Å²) >= 11 is 0. The molecule has 2 rings (SSSR count). The monoisotopic (exact) mass is 274 g/mol. The third-order valence-corrected chi connectivity index (χ3v) is 3.23. The van der Waals surface area contributed by atoms with Crippen LogP contribution in [0, 0.1) is 6.92 Å². The van der Waals surface area contributed by atoms with Crippen molar-refractivity contribution in [2.45, 2.75) is 19.8 Å². The predicted molar refractivity (Wildman–Crippen MR) is 77.4 cm³/mol. The number of carboxylic acid groups (broad SMARTS) is 1. The summed E-state index contributed by atoms with van der Waals surface area (Å²) in [5, 5.41) is 10.00. The predicted octanol–water partition coefficient (Wildman–Crippen LogP) is 2.14. The molecule has 0 saturated heterocycles. The zero-order valence-electron chi connectivity index (χ0n) is 11.6. The molecule has 2 aromatic rings. The summed E-state index contributed by atoms with van der Waals surface area (Å²) in [4.78, 5) is 16.0. The summed E-state index contributed by atoms with van der Waals surface area (Å²) in [5.41, 5.74) is 8.11. The molecule has 3 N–H and O–H groups in total. The molecule has 1 aromatic heterocycles. The van der Waals surface area contributed by atoms with Gasteiger partial charge in [0, 0.05) is 11.1 Å². The summed E-state index contributed by atoms with van der Waals surface area (Å²) in [6.45, 7) is 2.46. The van der Waals surface area contributed by atoms with Crippen LogP contribution in [0.15, 0.2) is 18.2 Å². The maximum Gasteiger partial charge on any atom is 0.336 e. The summed E-state index contributed by atoms with van der Waals surface area (Å²) < 4.78 is 5.20. The molecule has 5 heteroatoms. The van der Waals surface area contributed by atoms with Gasteiger partial charge in [-0.2, -0.15) is 0 Å². The molecule has 0 amide bonds. The van der Waals surface area contributed by atoms with Crippen molar-refractivity contribution in [3.63, 3.8) is 0 Å². The summed E-state index contributed by atoms with van der Waals surface area (Å²) in [6.07, 6.45) is 1.46. The van der Waals surface area contributed by atoms with Gasteiger partial charge in [0.15, 0.2) is 0 Å².